The van der Waals surface area contributed by atoms with Crippen LogP contribution in [0.15, 0.2) is 48.5 Å². The summed E-state index contributed by atoms with van der Waals surface area (Å²) in [6.07, 6.45) is -1.84. The maximum Gasteiger partial charge on any atom is 0.408 e. The van der Waals surface area contributed by atoms with E-state index in [4.69, 9.17) is 9.47 Å². The molecule has 1 heterocycles. The van der Waals surface area contributed by atoms with Crippen molar-refractivity contribution in [2.75, 3.05) is 26.9 Å². The van der Waals surface area contributed by atoms with Crippen LogP contribution in [0, 0.1) is 0 Å². The van der Waals surface area contributed by atoms with Crippen LogP contribution >= 0.6 is 0 Å². The molecule has 1 aliphatic heterocycles. The van der Waals surface area contributed by atoms with E-state index in [1.54, 1.807) is 0 Å². The first kappa shape index (κ1) is 23.7. The SMILES string of the molecule is COCC(C)(NC(=O)OCC1c2ccccc2-c2ccccc21)C(=O)N1CC(O)C[C@H]1C(=O)O. The number of benzene rings is 2. The second kappa shape index (κ2) is 9.44. The molecule has 2 aliphatic rings. The Morgan fingerprint density at radius 1 is 1.09 bits per heavy atom. The Labute approximate surface area is 197 Å². The maximum atomic E-state index is 13.2. The van der Waals surface area contributed by atoms with Crippen molar-refractivity contribution < 1.29 is 34.1 Å². The zero-order valence-electron chi connectivity index (χ0n) is 19.1. The number of aliphatic hydroxyl groups is 1. The summed E-state index contributed by atoms with van der Waals surface area (Å²) < 4.78 is 10.7. The molecule has 3 atom stereocenters. The zero-order chi connectivity index (χ0) is 24.5. The second-order valence-electron chi connectivity index (χ2n) is 8.92. The number of hydrogen-bond donors (Lipinski definition) is 3. The number of nitrogens with one attached hydrogen (secondary N) is 1. The van der Waals surface area contributed by atoms with Gasteiger partial charge in [-0.3, -0.25) is 4.79 Å². The van der Waals surface area contributed by atoms with E-state index in [1.807, 2.05) is 48.5 Å². The van der Waals surface area contributed by atoms with Gasteiger partial charge < -0.3 is 29.9 Å². The molecule has 0 spiro atoms. The molecule has 2 amide bonds. The lowest BCUT2D eigenvalue weighted by atomic mass is 9.98. The van der Waals surface area contributed by atoms with E-state index in [2.05, 4.69) is 5.32 Å². The first-order valence-corrected chi connectivity index (χ1v) is 11.1. The highest BCUT2D eigenvalue weighted by atomic mass is 16.5. The van der Waals surface area contributed by atoms with Gasteiger partial charge in [0, 0.05) is 26.0 Å². The van der Waals surface area contributed by atoms with Gasteiger partial charge in [-0.2, -0.15) is 0 Å². The molecule has 34 heavy (non-hydrogen) atoms. The lowest BCUT2D eigenvalue weighted by Crippen LogP contribution is -2.62. The van der Waals surface area contributed by atoms with E-state index in [0.29, 0.717) is 0 Å². The fourth-order valence-electron chi connectivity index (χ4n) is 4.89. The van der Waals surface area contributed by atoms with Gasteiger partial charge in [0.15, 0.2) is 0 Å². The second-order valence-corrected chi connectivity index (χ2v) is 8.92. The lowest BCUT2D eigenvalue weighted by molar-refractivity contribution is -0.151. The third-order valence-corrected chi connectivity index (χ3v) is 6.45. The molecular formula is C25H28N2O7. The van der Waals surface area contributed by atoms with Crippen molar-refractivity contribution in [1.29, 1.82) is 0 Å². The number of alkyl carbamates (subject to hydrolysis) is 1. The van der Waals surface area contributed by atoms with Gasteiger partial charge in [-0.1, -0.05) is 48.5 Å². The van der Waals surface area contributed by atoms with Gasteiger partial charge in [0.1, 0.15) is 18.2 Å². The Morgan fingerprint density at radius 3 is 2.24 bits per heavy atom. The maximum absolute atomic E-state index is 13.2. The van der Waals surface area contributed by atoms with E-state index >= 15 is 0 Å². The summed E-state index contributed by atoms with van der Waals surface area (Å²) in [6, 6.07) is 14.7. The van der Waals surface area contributed by atoms with Crippen molar-refractivity contribution in [3.05, 3.63) is 59.7 Å². The van der Waals surface area contributed by atoms with Crippen LogP contribution in [0.1, 0.15) is 30.4 Å². The molecule has 4 rings (SSSR count). The minimum absolute atomic E-state index is 0.0668. The summed E-state index contributed by atoms with van der Waals surface area (Å²) >= 11 is 0. The number of carbonyl (C=O) groups excluding carboxylic acids is 2. The average molecular weight is 469 g/mol. The average Bonchev–Trinajstić information content (AvgIpc) is 3.35. The van der Waals surface area contributed by atoms with Crippen LogP contribution in [0.3, 0.4) is 0 Å². The quantitative estimate of drug-likeness (QED) is 0.567. The van der Waals surface area contributed by atoms with Crippen molar-refractivity contribution in [2.45, 2.75) is 36.9 Å². The Kier molecular flexibility index (Phi) is 6.58. The predicted molar refractivity (Wildman–Crippen MR) is 122 cm³/mol. The summed E-state index contributed by atoms with van der Waals surface area (Å²) in [4.78, 5) is 38.7. The number of β-amino-alcohol motifs (C(OH)–C–C–N with tert-alkyl or cyclic N) is 1. The monoisotopic (exact) mass is 468 g/mol. The third kappa shape index (κ3) is 4.36. The predicted octanol–water partition coefficient (Wildman–Crippen LogP) is 1.98. The Hall–Kier alpha value is -3.43. The van der Waals surface area contributed by atoms with Crippen LogP contribution in [0.4, 0.5) is 4.79 Å². The topological polar surface area (TPSA) is 125 Å². The molecule has 2 unspecified atom stereocenters. The number of aliphatic hydroxyl groups excluding tert-OH is 1. The number of hydrogen-bond acceptors (Lipinski definition) is 6. The van der Waals surface area contributed by atoms with E-state index in [9.17, 15) is 24.6 Å². The van der Waals surface area contributed by atoms with Crippen molar-refractivity contribution in [1.82, 2.24) is 10.2 Å². The highest BCUT2D eigenvalue weighted by Crippen LogP contribution is 2.44. The number of amides is 2. The van der Waals surface area contributed by atoms with E-state index < -0.39 is 35.7 Å². The van der Waals surface area contributed by atoms with Crippen molar-refractivity contribution >= 4 is 18.0 Å². The van der Waals surface area contributed by atoms with Crippen molar-refractivity contribution in [2.24, 2.45) is 0 Å². The molecule has 9 nitrogen and oxygen atoms in total. The molecule has 1 fully saturated rings. The Balaban J connectivity index is 1.48. The molecule has 0 bridgehead atoms. The number of rotatable bonds is 7. The zero-order valence-corrected chi connectivity index (χ0v) is 19.1. The van der Waals surface area contributed by atoms with Crippen molar-refractivity contribution in [3.8, 4) is 11.1 Å². The van der Waals surface area contributed by atoms with Gasteiger partial charge in [-0.05, 0) is 29.2 Å². The van der Waals surface area contributed by atoms with Gasteiger partial charge in [-0.15, -0.1) is 0 Å². The highest BCUT2D eigenvalue weighted by molar-refractivity contribution is 5.93. The Morgan fingerprint density at radius 2 is 1.68 bits per heavy atom. The number of carbonyl (C=O) groups is 3. The number of fused-ring (bicyclic) bond motifs is 3. The summed E-state index contributed by atoms with van der Waals surface area (Å²) in [6.45, 7) is 1.18. The number of carboxylic acid groups (broad SMARTS) is 1. The van der Waals surface area contributed by atoms with Crippen LogP contribution in [-0.2, 0) is 19.1 Å². The number of likely N-dealkylation sites (tertiary alicyclic amines) is 1. The molecule has 1 saturated heterocycles. The van der Waals surface area contributed by atoms with Crippen LogP contribution in [-0.4, -0.2) is 77.6 Å². The van der Waals surface area contributed by atoms with Gasteiger partial charge >= 0.3 is 12.1 Å². The number of aliphatic carboxylic acids is 1. The minimum atomic E-state index is -1.57. The highest BCUT2D eigenvalue weighted by Gasteiger charge is 2.47. The molecule has 0 aromatic heterocycles. The summed E-state index contributed by atoms with van der Waals surface area (Å²) in [7, 11) is 1.37. The van der Waals surface area contributed by atoms with Gasteiger partial charge in [0.25, 0.3) is 5.91 Å². The smallest absolute Gasteiger partial charge is 0.408 e. The molecule has 2 aromatic rings. The minimum Gasteiger partial charge on any atom is -0.480 e. The number of methoxy groups -OCH3 is 1. The standard InChI is InChI=1S/C25H28N2O7/c1-25(14-33-2,23(31)27-12-15(28)11-21(27)22(29)30)26-24(32)34-13-20-18-9-5-3-7-16(18)17-8-4-6-10-19(17)20/h3-10,15,20-21,28H,11-14H2,1-2H3,(H,26,32)(H,29,30)/t15?,21-,25?/m0/s1. The van der Waals surface area contributed by atoms with Gasteiger partial charge in [0.05, 0.1) is 12.7 Å². The molecule has 1 aliphatic carbocycles. The fourth-order valence-corrected chi connectivity index (χ4v) is 4.89. The van der Waals surface area contributed by atoms with Gasteiger partial charge in [-0.25, -0.2) is 9.59 Å². The van der Waals surface area contributed by atoms with E-state index in [1.165, 1.54) is 14.0 Å². The molecule has 2 aromatic carbocycles. The third-order valence-electron chi connectivity index (χ3n) is 6.45. The molecule has 0 saturated carbocycles. The van der Waals surface area contributed by atoms with Crippen molar-refractivity contribution in [3.63, 3.8) is 0 Å². The number of carboxylic acids is 1. The molecule has 9 heteroatoms. The summed E-state index contributed by atoms with van der Waals surface area (Å²) in [5.41, 5.74) is 2.73. The van der Waals surface area contributed by atoms with Gasteiger partial charge in [0.2, 0.25) is 0 Å². The first-order chi connectivity index (χ1) is 16.2. The summed E-state index contributed by atoms with van der Waals surface area (Å²) in [5.74, 6) is -2.02. The molecule has 180 valence electrons. The number of ether oxygens (including phenoxy) is 2. The van der Waals surface area contributed by atoms with E-state index in [0.717, 1.165) is 27.2 Å². The first-order valence-electron chi connectivity index (χ1n) is 11.1. The molecule has 0 radical (unpaired) electrons. The summed E-state index contributed by atoms with van der Waals surface area (Å²) in [5, 5.41) is 21.9. The fraction of sp³-hybridized carbons (Fsp3) is 0.400. The van der Waals surface area contributed by atoms with Crippen LogP contribution in [0.5, 0.6) is 0 Å². The Bertz CT molecular complexity index is 1060. The van der Waals surface area contributed by atoms with Crippen LogP contribution < -0.4 is 5.32 Å². The molecule has 3 N–H and O–H groups in total. The van der Waals surface area contributed by atoms with E-state index in [-0.39, 0.29) is 32.1 Å². The van der Waals surface area contributed by atoms with Crippen LogP contribution in [0.2, 0.25) is 0 Å². The largest absolute Gasteiger partial charge is 0.480 e. The normalized spacial score (nSPS) is 20.9. The van der Waals surface area contributed by atoms with Crippen LogP contribution in [0.25, 0.3) is 11.1 Å². The number of nitrogens with zero attached hydrogens (tertiary/aromatic N) is 1. The lowest BCUT2D eigenvalue weighted by Gasteiger charge is -2.34. The molecular weight excluding hydrogens is 440 g/mol.